The Kier molecular flexibility index (Phi) is 4.48. The van der Waals surface area contributed by atoms with E-state index in [-0.39, 0.29) is 12.5 Å². The molecule has 6 heteroatoms. The Hall–Kier alpha value is -1.17. The van der Waals surface area contributed by atoms with Gasteiger partial charge in [-0.2, -0.15) is 4.37 Å². The standard InChI is InChI=1S/C9H15N3O2S/c1-3-7-11-9(15-12-7)10-6(2)4-5-8(13)14/h6H,3-5H2,1-2H3,(H,13,14)(H,10,11,12). The second kappa shape index (κ2) is 5.65. The highest BCUT2D eigenvalue weighted by molar-refractivity contribution is 7.09. The molecule has 0 saturated heterocycles. The van der Waals surface area contributed by atoms with Crippen molar-refractivity contribution in [3.63, 3.8) is 0 Å². The maximum Gasteiger partial charge on any atom is 0.303 e. The Morgan fingerprint density at radius 2 is 2.40 bits per heavy atom. The number of rotatable bonds is 6. The lowest BCUT2D eigenvalue weighted by molar-refractivity contribution is -0.137. The Morgan fingerprint density at radius 3 is 2.93 bits per heavy atom. The molecule has 0 aliphatic heterocycles. The van der Waals surface area contributed by atoms with Gasteiger partial charge in [-0.05, 0) is 13.3 Å². The van der Waals surface area contributed by atoms with Gasteiger partial charge in [0.2, 0.25) is 5.13 Å². The molecule has 1 unspecified atom stereocenters. The van der Waals surface area contributed by atoms with E-state index in [0.717, 1.165) is 17.4 Å². The van der Waals surface area contributed by atoms with Crippen LogP contribution in [0.25, 0.3) is 0 Å². The fourth-order valence-corrected chi connectivity index (χ4v) is 1.84. The minimum absolute atomic E-state index is 0.110. The Morgan fingerprint density at radius 1 is 1.67 bits per heavy atom. The van der Waals surface area contributed by atoms with Crippen molar-refractivity contribution < 1.29 is 9.90 Å². The number of carboxylic acid groups (broad SMARTS) is 1. The minimum Gasteiger partial charge on any atom is -0.481 e. The van der Waals surface area contributed by atoms with Crippen LogP contribution in [0.2, 0.25) is 0 Å². The maximum absolute atomic E-state index is 10.4. The summed E-state index contributed by atoms with van der Waals surface area (Å²) in [4.78, 5) is 14.6. The molecule has 0 bridgehead atoms. The number of aliphatic carboxylic acids is 1. The van der Waals surface area contributed by atoms with Crippen molar-refractivity contribution in [3.8, 4) is 0 Å². The first-order valence-corrected chi connectivity index (χ1v) is 5.70. The molecule has 0 amide bonds. The molecular weight excluding hydrogens is 214 g/mol. The number of nitrogens with one attached hydrogen (secondary N) is 1. The smallest absolute Gasteiger partial charge is 0.303 e. The van der Waals surface area contributed by atoms with Gasteiger partial charge in [0, 0.05) is 30.4 Å². The Balaban J connectivity index is 2.36. The van der Waals surface area contributed by atoms with Gasteiger partial charge in [0.1, 0.15) is 5.82 Å². The molecule has 0 fully saturated rings. The number of carboxylic acids is 1. The summed E-state index contributed by atoms with van der Waals surface area (Å²) in [7, 11) is 0. The van der Waals surface area contributed by atoms with Crippen LogP contribution in [0.15, 0.2) is 0 Å². The van der Waals surface area contributed by atoms with E-state index in [1.54, 1.807) is 0 Å². The molecule has 2 N–H and O–H groups in total. The normalized spacial score (nSPS) is 12.4. The van der Waals surface area contributed by atoms with Crippen LogP contribution >= 0.6 is 11.5 Å². The summed E-state index contributed by atoms with van der Waals surface area (Å²) in [6.45, 7) is 3.94. The van der Waals surface area contributed by atoms with Crippen LogP contribution in [0.1, 0.15) is 32.5 Å². The largest absolute Gasteiger partial charge is 0.481 e. The molecule has 1 heterocycles. The molecule has 15 heavy (non-hydrogen) atoms. The first kappa shape index (κ1) is 11.9. The summed E-state index contributed by atoms with van der Waals surface area (Å²) in [5.74, 6) is 0.0584. The first-order chi connectivity index (χ1) is 7.11. The topological polar surface area (TPSA) is 75.1 Å². The predicted octanol–water partition coefficient (Wildman–Crippen LogP) is 1.77. The summed E-state index contributed by atoms with van der Waals surface area (Å²) in [5.41, 5.74) is 0. The molecule has 84 valence electrons. The van der Waals surface area contributed by atoms with Gasteiger partial charge in [-0.25, -0.2) is 4.98 Å². The SMILES string of the molecule is CCc1nsc(NC(C)CCC(=O)O)n1. The van der Waals surface area contributed by atoms with E-state index in [4.69, 9.17) is 5.11 Å². The number of nitrogens with zero attached hydrogens (tertiary/aromatic N) is 2. The average Bonchev–Trinajstić information content (AvgIpc) is 2.62. The zero-order valence-corrected chi connectivity index (χ0v) is 9.67. The van der Waals surface area contributed by atoms with E-state index >= 15 is 0 Å². The van der Waals surface area contributed by atoms with Gasteiger partial charge in [0.05, 0.1) is 0 Å². The van der Waals surface area contributed by atoms with Crippen molar-refractivity contribution in [2.24, 2.45) is 0 Å². The molecule has 0 aliphatic rings. The molecular formula is C9H15N3O2S. The number of carbonyl (C=O) groups is 1. The maximum atomic E-state index is 10.4. The van der Waals surface area contributed by atoms with Gasteiger partial charge in [-0.15, -0.1) is 0 Å². The zero-order valence-electron chi connectivity index (χ0n) is 8.86. The molecule has 1 aromatic heterocycles. The van der Waals surface area contributed by atoms with E-state index in [2.05, 4.69) is 14.7 Å². The van der Waals surface area contributed by atoms with E-state index in [1.165, 1.54) is 11.5 Å². The monoisotopic (exact) mass is 229 g/mol. The van der Waals surface area contributed by atoms with Crippen molar-refractivity contribution in [2.45, 2.75) is 39.2 Å². The molecule has 1 aromatic rings. The Bertz CT molecular complexity index is 327. The summed E-state index contributed by atoms with van der Waals surface area (Å²) in [6, 6.07) is 0.110. The van der Waals surface area contributed by atoms with Crippen molar-refractivity contribution in [1.29, 1.82) is 0 Å². The third-order valence-corrected chi connectivity index (χ3v) is 2.63. The van der Waals surface area contributed by atoms with Crippen LogP contribution in [-0.2, 0) is 11.2 Å². The molecule has 5 nitrogen and oxygen atoms in total. The van der Waals surface area contributed by atoms with Crippen LogP contribution in [0.5, 0.6) is 0 Å². The van der Waals surface area contributed by atoms with E-state index < -0.39 is 5.97 Å². The Labute approximate surface area is 92.7 Å². The van der Waals surface area contributed by atoms with Gasteiger partial charge in [-0.3, -0.25) is 4.79 Å². The number of hydrogen-bond donors (Lipinski definition) is 2. The molecule has 1 rings (SSSR count). The number of hydrogen-bond acceptors (Lipinski definition) is 5. The molecule has 0 aromatic carbocycles. The summed E-state index contributed by atoms with van der Waals surface area (Å²) in [5, 5.41) is 12.4. The van der Waals surface area contributed by atoms with Crippen LogP contribution in [0, 0.1) is 0 Å². The van der Waals surface area contributed by atoms with Crippen molar-refractivity contribution in [3.05, 3.63) is 5.82 Å². The highest BCUT2D eigenvalue weighted by atomic mass is 32.1. The fourth-order valence-electron chi connectivity index (χ4n) is 1.08. The zero-order chi connectivity index (χ0) is 11.3. The summed E-state index contributed by atoms with van der Waals surface area (Å²) in [6.07, 6.45) is 1.59. The average molecular weight is 229 g/mol. The fraction of sp³-hybridized carbons (Fsp3) is 0.667. The lowest BCUT2D eigenvalue weighted by Gasteiger charge is -2.10. The lowest BCUT2D eigenvalue weighted by Crippen LogP contribution is -2.16. The van der Waals surface area contributed by atoms with Crippen LogP contribution in [0.4, 0.5) is 5.13 Å². The predicted molar refractivity (Wildman–Crippen MR) is 59.2 cm³/mol. The van der Waals surface area contributed by atoms with Crippen molar-refractivity contribution in [2.75, 3.05) is 5.32 Å². The van der Waals surface area contributed by atoms with Crippen LogP contribution < -0.4 is 5.32 Å². The summed E-state index contributed by atoms with van der Waals surface area (Å²) >= 11 is 1.32. The second-order valence-corrected chi connectivity index (χ2v) is 4.10. The molecule has 0 aliphatic carbocycles. The third-order valence-electron chi connectivity index (χ3n) is 1.95. The van der Waals surface area contributed by atoms with Gasteiger partial charge >= 0.3 is 5.97 Å². The lowest BCUT2D eigenvalue weighted by atomic mass is 10.2. The second-order valence-electron chi connectivity index (χ2n) is 3.35. The summed E-state index contributed by atoms with van der Waals surface area (Å²) < 4.78 is 4.13. The van der Waals surface area contributed by atoms with Crippen molar-refractivity contribution in [1.82, 2.24) is 9.36 Å². The van der Waals surface area contributed by atoms with Crippen LogP contribution in [0.3, 0.4) is 0 Å². The van der Waals surface area contributed by atoms with Gasteiger partial charge in [0.15, 0.2) is 0 Å². The van der Waals surface area contributed by atoms with Crippen LogP contribution in [-0.4, -0.2) is 26.5 Å². The highest BCUT2D eigenvalue weighted by Crippen LogP contribution is 2.13. The number of aromatic nitrogens is 2. The van der Waals surface area contributed by atoms with Crippen molar-refractivity contribution >= 4 is 22.6 Å². The molecule has 0 spiro atoms. The minimum atomic E-state index is -0.768. The van der Waals surface area contributed by atoms with Gasteiger partial charge < -0.3 is 10.4 Å². The van der Waals surface area contributed by atoms with Gasteiger partial charge in [-0.1, -0.05) is 6.92 Å². The van der Waals surface area contributed by atoms with E-state index in [9.17, 15) is 4.79 Å². The quantitative estimate of drug-likeness (QED) is 0.777. The molecule has 0 radical (unpaired) electrons. The number of aryl methyl sites for hydroxylation is 1. The number of anilines is 1. The highest BCUT2D eigenvalue weighted by Gasteiger charge is 2.08. The van der Waals surface area contributed by atoms with Gasteiger partial charge in [0.25, 0.3) is 0 Å². The molecule has 0 saturated carbocycles. The third kappa shape index (κ3) is 4.24. The van der Waals surface area contributed by atoms with E-state index in [1.807, 2.05) is 13.8 Å². The first-order valence-electron chi connectivity index (χ1n) is 4.92. The molecule has 1 atom stereocenters. The van der Waals surface area contributed by atoms with E-state index in [0.29, 0.717) is 6.42 Å².